The van der Waals surface area contributed by atoms with Gasteiger partial charge in [-0.1, -0.05) is 32.0 Å². The van der Waals surface area contributed by atoms with E-state index in [9.17, 15) is 21.2 Å². The molecule has 3 aliphatic rings. The van der Waals surface area contributed by atoms with Crippen molar-refractivity contribution < 1.29 is 30.4 Å². The summed E-state index contributed by atoms with van der Waals surface area (Å²) in [7, 11) is -7.72. The van der Waals surface area contributed by atoms with E-state index in [2.05, 4.69) is 4.72 Å². The highest BCUT2D eigenvalue weighted by molar-refractivity contribution is 7.92. The summed E-state index contributed by atoms with van der Waals surface area (Å²) >= 11 is 0. The number of allylic oxidation sites excluding steroid dienone is 1. The van der Waals surface area contributed by atoms with Gasteiger partial charge in [-0.25, -0.2) is 25.6 Å². The van der Waals surface area contributed by atoms with Gasteiger partial charge in [0.15, 0.2) is 21.4 Å². The van der Waals surface area contributed by atoms with Crippen LogP contribution in [0.3, 0.4) is 0 Å². The largest absolute Gasteiger partial charge is 0.489 e. The van der Waals surface area contributed by atoms with Crippen molar-refractivity contribution in [3.8, 4) is 5.75 Å². The first-order chi connectivity index (χ1) is 15.7. The fourth-order valence-electron chi connectivity index (χ4n) is 5.10. The van der Waals surface area contributed by atoms with E-state index < -0.39 is 47.9 Å². The molecule has 0 saturated heterocycles. The molecule has 2 aliphatic heterocycles. The third-order valence-electron chi connectivity index (χ3n) is 6.45. The van der Waals surface area contributed by atoms with Gasteiger partial charge in [0.25, 0.3) is 0 Å². The molecule has 0 amide bonds. The number of sulfonamides is 1. The van der Waals surface area contributed by atoms with Crippen molar-refractivity contribution in [3.05, 3.63) is 70.9 Å². The molecule has 0 aromatic heterocycles. The van der Waals surface area contributed by atoms with Crippen LogP contribution < -0.4 is 9.46 Å². The predicted octanol–water partition coefficient (Wildman–Crippen LogP) is 4.04. The van der Waals surface area contributed by atoms with E-state index in [1.54, 1.807) is 18.2 Å². The molecule has 0 radical (unpaired) electrons. The molecule has 1 N–H and O–H groups in total. The van der Waals surface area contributed by atoms with Crippen LogP contribution in [-0.2, 0) is 24.6 Å². The van der Waals surface area contributed by atoms with Crippen LogP contribution in [0.4, 0.5) is 8.78 Å². The van der Waals surface area contributed by atoms with Crippen LogP contribution in [0, 0.1) is 17.6 Å². The van der Waals surface area contributed by atoms with Crippen molar-refractivity contribution in [2.75, 3.05) is 12.4 Å². The van der Waals surface area contributed by atoms with Crippen molar-refractivity contribution in [1.82, 2.24) is 4.72 Å². The van der Waals surface area contributed by atoms with E-state index >= 15 is 4.39 Å². The zero-order valence-corrected chi connectivity index (χ0v) is 19.9. The molecule has 33 heavy (non-hydrogen) atoms. The molecule has 0 bridgehead atoms. The lowest BCUT2D eigenvalue weighted by atomic mass is 9.70. The average Bonchev–Trinajstić information content (AvgIpc) is 2.81. The SMILES string of the molecule is CC.O=S1(=O)CCC2=C(CC[C@@]3(S(=O)(=O)c4ccccc4)c4c(F)ccc(F)c4OC[C@@H]23)N1. The van der Waals surface area contributed by atoms with Crippen molar-refractivity contribution in [3.63, 3.8) is 0 Å². The molecule has 2 aromatic carbocycles. The number of benzene rings is 2. The van der Waals surface area contributed by atoms with Gasteiger partial charge in [-0.3, -0.25) is 4.72 Å². The second-order valence-electron chi connectivity index (χ2n) is 7.98. The topological polar surface area (TPSA) is 89.5 Å². The smallest absolute Gasteiger partial charge is 0.232 e. The summed E-state index contributed by atoms with van der Waals surface area (Å²) in [4.78, 5) is -0.00282. The summed E-state index contributed by atoms with van der Waals surface area (Å²) in [5.41, 5.74) is 0.696. The number of rotatable bonds is 2. The summed E-state index contributed by atoms with van der Waals surface area (Å²) < 4.78 is 88.4. The Morgan fingerprint density at radius 1 is 1.03 bits per heavy atom. The minimum absolute atomic E-state index is 0.00282. The normalized spacial score (nSPS) is 25.3. The van der Waals surface area contributed by atoms with Gasteiger partial charge in [0.2, 0.25) is 10.0 Å². The quantitative estimate of drug-likeness (QED) is 0.677. The van der Waals surface area contributed by atoms with Gasteiger partial charge >= 0.3 is 0 Å². The van der Waals surface area contributed by atoms with Gasteiger partial charge in [-0.05, 0) is 49.1 Å². The first kappa shape index (κ1) is 23.7. The number of sulfone groups is 1. The van der Waals surface area contributed by atoms with E-state index in [1.807, 2.05) is 13.8 Å². The number of halogens is 2. The first-order valence-corrected chi connectivity index (χ1v) is 13.9. The molecule has 6 nitrogen and oxygen atoms in total. The van der Waals surface area contributed by atoms with E-state index in [0.29, 0.717) is 11.3 Å². The monoisotopic (exact) mass is 497 g/mol. The molecule has 2 aromatic rings. The Morgan fingerprint density at radius 3 is 2.39 bits per heavy atom. The zero-order chi connectivity index (χ0) is 24.0. The van der Waals surface area contributed by atoms with Crippen molar-refractivity contribution in [1.29, 1.82) is 0 Å². The fraction of sp³-hybridized carbons (Fsp3) is 0.391. The molecule has 2 heterocycles. The van der Waals surface area contributed by atoms with E-state index in [-0.39, 0.29) is 42.1 Å². The molecule has 10 heteroatoms. The maximum Gasteiger partial charge on any atom is 0.232 e. The van der Waals surface area contributed by atoms with Gasteiger partial charge in [-0.15, -0.1) is 0 Å². The summed E-state index contributed by atoms with van der Waals surface area (Å²) in [6.45, 7) is 3.81. The minimum atomic E-state index is -4.21. The third-order valence-corrected chi connectivity index (χ3v) is 10.3. The summed E-state index contributed by atoms with van der Waals surface area (Å²) in [6.07, 6.45) is 0.0799. The third kappa shape index (κ3) is 3.54. The Balaban J connectivity index is 0.00000126. The lowest BCUT2D eigenvalue weighted by molar-refractivity contribution is 0.165. The zero-order valence-electron chi connectivity index (χ0n) is 18.3. The number of nitrogens with one attached hydrogen (secondary N) is 1. The van der Waals surface area contributed by atoms with Crippen molar-refractivity contribution in [2.24, 2.45) is 5.92 Å². The molecule has 0 fully saturated rings. The minimum Gasteiger partial charge on any atom is -0.489 e. The van der Waals surface area contributed by atoms with Crippen LogP contribution in [0.15, 0.2) is 58.6 Å². The van der Waals surface area contributed by atoms with Gasteiger partial charge in [0, 0.05) is 11.6 Å². The molecule has 0 unspecified atom stereocenters. The molecule has 0 spiro atoms. The number of hydrogen-bond donors (Lipinski definition) is 1. The van der Waals surface area contributed by atoms with E-state index in [0.717, 1.165) is 12.1 Å². The maximum absolute atomic E-state index is 15.2. The summed E-state index contributed by atoms with van der Waals surface area (Å²) in [6, 6.07) is 9.51. The lowest BCUT2D eigenvalue weighted by Crippen LogP contribution is -2.54. The Labute approximate surface area is 192 Å². The molecule has 2 atom stereocenters. The Kier molecular flexibility index (Phi) is 6.03. The molecule has 178 valence electrons. The number of hydrogen-bond acceptors (Lipinski definition) is 5. The fourth-order valence-corrected chi connectivity index (χ4v) is 8.65. The van der Waals surface area contributed by atoms with Crippen LogP contribution in [-0.4, -0.2) is 29.2 Å². The van der Waals surface area contributed by atoms with Crippen LogP contribution in [0.2, 0.25) is 0 Å². The number of fused-ring (bicyclic) bond motifs is 4. The van der Waals surface area contributed by atoms with Crippen molar-refractivity contribution in [2.45, 2.75) is 42.8 Å². The van der Waals surface area contributed by atoms with Gasteiger partial charge < -0.3 is 4.74 Å². The van der Waals surface area contributed by atoms with Crippen LogP contribution in [0.25, 0.3) is 0 Å². The van der Waals surface area contributed by atoms with Crippen LogP contribution in [0.1, 0.15) is 38.7 Å². The van der Waals surface area contributed by atoms with Crippen LogP contribution in [0.5, 0.6) is 5.75 Å². The molecular weight excluding hydrogens is 472 g/mol. The van der Waals surface area contributed by atoms with Crippen LogP contribution >= 0.6 is 0 Å². The first-order valence-electron chi connectivity index (χ1n) is 10.8. The highest BCUT2D eigenvalue weighted by Crippen LogP contribution is 2.58. The van der Waals surface area contributed by atoms with E-state index in [1.165, 1.54) is 12.1 Å². The molecule has 0 saturated carbocycles. The van der Waals surface area contributed by atoms with Crippen molar-refractivity contribution >= 4 is 19.9 Å². The highest BCUT2D eigenvalue weighted by Gasteiger charge is 2.60. The maximum atomic E-state index is 15.2. The second-order valence-corrected chi connectivity index (χ2v) is 12.0. The molecular formula is C23H25F2NO5S2. The Morgan fingerprint density at radius 2 is 1.70 bits per heavy atom. The van der Waals surface area contributed by atoms with Gasteiger partial charge in [-0.2, -0.15) is 0 Å². The molecule has 5 rings (SSSR count). The molecule has 1 aliphatic carbocycles. The van der Waals surface area contributed by atoms with Gasteiger partial charge in [0.1, 0.15) is 10.6 Å². The van der Waals surface area contributed by atoms with Gasteiger partial charge in [0.05, 0.1) is 22.8 Å². The summed E-state index contributed by atoms with van der Waals surface area (Å²) in [5.74, 6) is -3.14. The second kappa shape index (κ2) is 8.39. The summed E-state index contributed by atoms with van der Waals surface area (Å²) in [5, 5.41) is 0. The predicted molar refractivity (Wildman–Crippen MR) is 120 cm³/mol. The lowest BCUT2D eigenvalue weighted by Gasteiger charge is -2.49. The average molecular weight is 498 g/mol. The van der Waals surface area contributed by atoms with E-state index in [4.69, 9.17) is 4.74 Å². The Bertz CT molecular complexity index is 1320. The standard InChI is InChI=1S/C21H19F2NO5S2.C2H6/c22-16-6-7-17(23)20-19(16)21(31(27,28)13-4-2-1-3-5-13)10-8-18-14(15(21)12-29-20)9-11-30(25,26)24-18;1-2/h1-7,15,24H,8-12H2;1-2H3/t15-,21-;/m0./s1. The highest BCUT2D eigenvalue weighted by atomic mass is 32.2. The Hall–Kier alpha value is -2.46. The number of ether oxygens (including phenoxy) is 1.